The van der Waals surface area contributed by atoms with Crippen molar-refractivity contribution in [2.24, 2.45) is 5.16 Å². The van der Waals surface area contributed by atoms with Gasteiger partial charge in [-0.05, 0) is 53.1 Å². The largest absolute Gasteiger partial charge is 0.497 e. The van der Waals surface area contributed by atoms with Crippen LogP contribution in [-0.2, 0) is 22.7 Å². The molecular weight excluding hydrogens is 464 g/mol. The SMILES string of the molecule is COc1ccc(C2=NOC(CN(Cc3cccc(Cl)c3)CC(O)COCc3ccccc3)C2)cc1. The Bertz CT molecular complexity index is 1090. The summed E-state index contributed by atoms with van der Waals surface area (Å²) in [7, 11) is 1.65. The second kappa shape index (κ2) is 12.7. The van der Waals surface area contributed by atoms with E-state index in [-0.39, 0.29) is 12.7 Å². The van der Waals surface area contributed by atoms with Crippen LogP contribution in [0.3, 0.4) is 0 Å². The number of hydrogen-bond acceptors (Lipinski definition) is 6. The highest BCUT2D eigenvalue weighted by Gasteiger charge is 2.26. The van der Waals surface area contributed by atoms with Gasteiger partial charge in [-0.15, -0.1) is 0 Å². The van der Waals surface area contributed by atoms with E-state index in [4.69, 9.17) is 25.9 Å². The van der Waals surface area contributed by atoms with Crippen LogP contribution in [0, 0.1) is 0 Å². The Morgan fingerprint density at radius 2 is 1.83 bits per heavy atom. The summed E-state index contributed by atoms with van der Waals surface area (Å²) in [5.74, 6) is 0.806. The van der Waals surface area contributed by atoms with Gasteiger partial charge < -0.3 is 19.4 Å². The molecule has 0 fully saturated rings. The second-order valence-electron chi connectivity index (χ2n) is 8.68. The molecule has 0 radical (unpaired) electrons. The zero-order valence-corrected chi connectivity index (χ0v) is 20.6. The summed E-state index contributed by atoms with van der Waals surface area (Å²) in [5.41, 5.74) is 4.08. The fourth-order valence-electron chi connectivity index (χ4n) is 4.10. The number of rotatable bonds is 12. The highest BCUT2D eigenvalue weighted by Crippen LogP contribution is 2.21. The highest BCUT2D eigenvalue weighted by molar-refractivity contribution is 6.30. The molecule has 0 aliphatic carbocycles. The number of hydrogen-bond donors (Lipinski definition) is 1. The molecule has 4 rings (SSSR count). The van der Waals surface area contributed by atoms with Crippen LogP contribution in [0.1, 0.15) is 23.1 Å². The van der Waals surface area contributed by atoms with E-state index in [1.54, 1.807) is 7.11 Å². The molecule has 0 aromatic heterocycles. The summed E-state index contributed by atoms with van der Waals surface area (Å²) in [6.45, 7) is 2.41. The van der Waals surface area contributed by atoms with Crippen LogP contribution < -0.4 is 4.74 Å². The van der Waals surface area contributed by atoms with Crippen molar-refractivity contribution < 1.29 is 19.4 Å². The van der Waals surface area contributed by atoms with Crippen LogP contribution in [0.4, 0.5) is 0 Å². The van der Waals surface area contributed by atoms with E-state index in [0.717, 1.165) is 28.2 Å². The Morgan fingerprint density at radius 3 is 2.57 bits per heavy atom. The third-order valence-electron chi connectivity index (χ3n) is 5.80. The average Bonchev–Trinajstić information content (AvgIpc) is 3.33. The van der Waals surface area contributed by atoms with Gasteiger partial charge in [0.05, 0.1) is 32.1 Å². The third-order valence-corrected chi connectivity index (χ3v) is 6.04. The zero-order chi connectivity index (χ0) is 24.5. The molecule has 1 N–H and O–H groups in total. The quantitative estimate of drug-likeness (QED) is 0.387. The van der Waals surface area contributed by atoms with E-state index in [1.807, 2.05) is 78.9 Å². The number of benzene rings is 3. The Hall–Kier alpha value is -2.90. The first-order valence-electron chi connectivity index (χ1n) is 11.7. The maximum absolute atomic E-state index is 10.7. The summed E-state index contributed by atoms with van der Waals surface area (Å²) in [4.78, 5) is 7.93. The lowest BCUT2D eigenvalue weighted by Crippen LogP contribution is -2.39. The van der Waals surface area contributed by atoms with Crippen molar-refractivity contribution in [3.8, 4) is 5.75 Å². The van der Waals surface area contributed by atoms with Gasteiger partial charge in [-0.2, -0.15) is 0 Å². The first-order valence-corrected chi connectivity index (χ1v) is 12.1. The van der Waals surface area contributed by atoms with Gasteiger partial charge in [0.2, 0.25) is 0 Å². The zero-order valence-electron chi connectivity index (χ0n) is 19.8. The Labute approximate surface area is 211 Å². The monoisotopic (exact) mass is 494 g/mol. The Morgan fingerprint density at radius 1 is 1.06 bits per heavy atom. The predicted molar refractivity (Wildman–Crippen MR) is 138 cm³/mol. The lowest BCUT2D eigenvalue weighted by molar-refractivity contribution is -0.00648. The van der Waals surface area contributed by atoms with E-state index in [0.29, 0.717) is 37.7 Å². The number of nitrogens with zero attached hydrogens (tertiary/aromatic N) is 2. The molecule has 35 heavy (non-hydrogen) atoms. The van der Waals surface area contributed by atoms with Gasteiger partial charge in [0.1, 0.15) is 11.9 Å². The third kappa shape index (κ3) is 7.80. The van der Waals surface area contributed by atoms with E-state index < -0.39 is 6.10 Å². The molecule has 7 heteroatoms. The molecule has 184 valence electrons. The molecule has 1 heterocycles. The molecule has 3 aromatic rings. The number of methoxy groups -OCH3 is 1. The van der Waals surface area contributed by atoms with Gasteiger partial charge in [-0.3, -0.25) is 4.90 Å². The van der Waals surface area contributed by atoms with Crippen molar-refractivity contribution in [2.75, 3.05) is 26.8 Å². The van der Waals surface area contributed by atoms with Gasteiger partial charge in [-0.25, -0.2) is 0 Å². The molecule has 6 nitrogen and oxygen atoms in total. The summed E-state index contributed by atoms with van der Waals surface area (Å²) in [6, 6.07) is 25.5. The molecule has 0 spiro atoms. The molecule has 2 atom stereocenters. The van der Waals surface area contributed by atoms with Gasteiger partial charge in [0.15, 0.2) is 0 Å². The van der Waals surface area contributed by atoms with Crippen molar-refractivity contribution in [3.63, 3.8) is 0 Å². The normalized spacial score (nSPS) is 16.1. The molecule has 0 amide bonds. The van der Waals surface area contributed by atoms with Crippen molar-refractivity contribution >= 4 is 17.3 Å². The first kappa shape index (κ1) is 25.2. The minimum atomic E-state index is -0.638. The molecule has 0 bridgehead atoms. The van der Waals surface area contributed by atoms with Crippen LogP contribution in [0.5, 0.6) is 5.75 Å². The number of aliphatic hydroxyl groups is 1. The van der Waals surface area contributed by atoms with E-state index in [9.17, 15) is 5.11 Å². The fourth-order valence-corrected chi connectivity index (χ4v) is 4.32. The molecular formula is C28H31ClN2O4. The maximum Gasteiger partial charge on any atom is 0.145 e. The van der Waals surface area contributed by atoms with E-state index in [1.165, 1.54) is 0 Å². The summed E-state index contributed by atoms with van der Waals surface area (Å²) < 4.78 is 11.0. The number of aliphatic hydroxyl groups excluding tert-OH is 1. The van der Waals surface area contributed by atoms with Crippen molar-refractivity contribution in [1.29, 1.82) is 0 Å². The van der Waals surface area contributed by atoms with Gasteiger partial charge >= 0.3 is 0 Å². The van der Waals surface area contributed by atoms with Crippen LogP contribution in [0.15, 0.2) is 84.0 Å². The van der Waals surface area contributed by atoms with Crippen molar-refractivity contribution in [3.05, 3.63) is 101 Å². The van der Waals surface area contributed by atoms with Gasteiger partial charge in [0.25, 0.3) is 0 Å². The number of oxime groups is 1. The predicted octanol–water partition coefficient (Wildman–Crippen LogP) is 4.92. The van der Waals surface area contributed by atoms with Gasteiger partial charge in [0, 0.05) is 31.1 Å². The Balaban J connectivity index is 1.34. The molecule has 2 unspecified atom stereocenters. The molecule has 3 aromatic carbocycles. The van der Waals surface area contributed by atoms with Crippen LogP contribution >= 0.6 is 11.6 Å². The van der Waals surface area contributed by atoms with E-state index >= 15 is 0 Å². The average molecular weight is 495 g/mol. The lowest BCUT2D eigenvalue weighted by atomic mass is 10.0. The van der Waals surface area contributed by atoms with Gasteiger partial charge in [-0.1, -0.05) is 59.2 Å². The smallest absolute Gasteiger partial charge is 0.145 e. The first-order chi connectivity index (χ1) is 17.1. The number of halogens is 1. The van der Waals surface area contributed by atoms with E-state index in [2.05, 4.69) is 10.1 Å². The topological polar surface area (TPSA) is 63.5 Å². The van der Waals surface area contributed by atoms with Crippen molar-refractivity contribution in [1.82, 2.24) is 4.90 Å². The molecule has 0 saturated carbocycles. The standard InChI is InChI=1S/C28H31ClN2O4/c1-33-26-12-10-23(11-13-26)28-15-27(35-30-28)18-31(16-22-8-5-9-24(29)14-22)17-25(32)20-34-19-21-6-3-2-4-7-21/h2-14,25,27,32H,15-20H2,1H3. The van der Waals surface area contributed by atoms with Crippen LogP contribution in [0.25, 0.3) is 0 Å². The summed E-state index contributed by atoms with van der Waals surface area (Å²) >= 11 is 6.20. The van der Waals surface area contributed by atoms with Crippen LogP contribution in [0.2, 0.25) is 5.02 Å². The fraction of sp³-hybridized carbons (Fsp3) is 0.321. The summed E-state index contributed by atoms with van der Waals surface area (Å²) in [5, 5.41) is 15.7. The lowest BCUT2D eigenvalue weighted by Gasteiger charge is -2.27. The summed E-state index contributed by atoms with van der Waals surface area (Å²) in [6.07, 6.45) is -0.0519. The minimum Gasteiger partial charge on any atom is -0.497 e. The highest BCUT2D eigenvalue weighted by atomic mass is 35.5. The number of ether oxygens (including phenoxy) is 2. The molecule has 1 aliphatic heterocycles. The molecule has 0 saturated heterocycles. The Kier molecular flexibility index (Phi) is 9.15. The minimum absolute atomic E-state index is 0.108. The second-order valence-corrected chi connectivity index (χ2v) is 9.11. The maximum atomic E-state index is 10.7. The van der Waals surface area contributed by atoms with Crippen LogP contribution in [-0.4, -0.2) is 54.7 Å². The molecule has 1 aliphatic rings. The van der Waals surface area contributed by atoms with Crippen molar-refractivity contribution in [2.45, 2.75) is 31.8 Å².